The fourth-order valence-electron chi connectivity index (χ4n) is 6.42. The second-order valence-electron chi connectivity index (χ2n) is 13.1. The standard InChI is InChI=1S/C36H35FN6O4S/c1-35(2,40-34(45)46-18-22-8-6-5-7-9-22)24-14-27(23-10-12-25(37)13-11-23)39-31(15-24)47-32-26-17-43(20-36(26,32)3)33(44)30-16-28(41-42(30)4)29-19-48-21-38-29/h5-16,19,21,26,32H,17-18,20H2,1-4H3,(H,40,45)/t26-,32-,36-/m0/s1. The maximum atomic E-state index is 13.8. The number of benzene rings is 2. The highest BCUT2D eigenvalue weighted by Gasteiger charge is 2.69. The number of thiazole rings is 1. The minimum Gasteiger partial charge on any atom is -0.473 e. The molecule has 48 heavy (non-hydrogen) atoms. The van der Waals surface area contributed by atoms with Crippen LogP contribution in [0.1, 0.15) is 42.4 Å². The average Bonchev–Trinajstić information content (AvgIpc) is 3.62. The van der Waals surface area contributed by atoms with Crippen LogP contribution in [0.25, 0.3) is 22.6 Å². The zero-order valence-corrected chi connectivity index (χ0v) is 27.8. The van der Waals surface area contributed by atoms with Crippen LogP contribution in [0.4, 0.5) is 9.18 Å². The van der Waals surface area contributed by atoms with Crippen molar-refractivity contribution in [2.45, 2.75) is 39.0 Å². The summed E-state index contributed by atoms with van der Waals surface area (Å²) in [6.45, 7) is 7.09. The molecule has 5 aromatic rings. The number of halogens is 1. The molecule has 2 aromatic carbocycles. The maximum Gasteiger partial charge on any atom is 0.408 e. The highest BCUT2D eigenvalue weighted by Crippen LogP contribution is 2.59. The first-order valence-corrected chi connectivity index (χ1v) is 16.6. The number of piperidine rings is 1. The van der Waals surface area contributed by atoms with Gasteiger partial charge in [-0.1, -0.05) is 37.3 Å². The van der Waals surface area contributed by atoms with E-state index in [1.54, 1.807) is 35.4 Å². The molecule has 1 aliphatic heterocycles. The van der Waals surface area contributed by atoms with E-state index < -0.39 is 11.6 Å². The quantitative estimate of drug-likeness (QED) is 0.193. The lowest BCUT2D eigenvalue weighted by molar-refractivity contribution is 0.0720. The predicted molar refractivity (Wildman–Crippen MR) is 179 cm³/mol. The molecule has 1 aliphatic carbocycles. The molecule has 7 rings (SSSR count). The molecule has 12 heteroatoms. The number of aromatic nitrogens is 4. The molecule has 246 valence electrons. The first kappa shape index (κ1) is 31.5. The van der Waals surface area contributed by atoms with Gasteiger partial charge in [-0.15, -0.1) is 11.3 Å². The normalized spacial score (nSPS) is 19.9. The fourth-order valence-corrected chi connectivity index (χ4v) is 6.96. The zero-order chi connectivity index (χ0) is 33.6. The van der Waals surface area contributed by atoms with Crippen molar-refractivity contribution in [2.75, 3.05) is 13.1 Å². The molecule has 2 amide bonds. The second kappa shape index (κ2) is 12.2. The van der Waals surface area contributed by atoms with Gasteiger partial charge in [0.1, 0.15) is 35.6 Å². The Balaban J connectivity index is 1.07. The Morgan fingerprint density at radius 3 is 2.52 bits per heavy atom. The van der Waals surface area contributed by atoms with Crippen LogP contribution in [-0.4, -0.2) is 55.8 Å². The molecule has 0 radical (unpaired) electrons. The van der Waals surface area contributed by atoms with Crippen molar-refractivity contribution in [2.24, 2.45) is 18.4 Å². The van der Waals surface area contributed by atoms with Gasteiger partial charge in [0.15, 0.2) is 0 Å². The van der Waals surface area contributed by atoms with Crippen molar-refractivity contribution in [3.8, 4) is 28.5 Å². The molecule has 0 unspecified atom stereocenters. The Kier molecular flexibility index (Phi) is 7.98. The number of amides is 2. The molecule has 2 fully saturated rings. The molecular weight excluding hydrogens is 631 g/mol. The maximum absolute atomic E-state index is 13.8. The molecule has 0 spiro atoms. The molecule has 10 nitrogen and oxygen atoms in total. The number of hydrogen-bond acceptors (Lipinski definition) is 8. The monoisotopic (exact) mass is 666 g/mol. The van der Waals surface area contributed by atoms with Crippen molar-refractivity contribution < 1.29 is 23.5 Å². The van der Waals surface area contributed by atoms with Crippen molar-refractivity contribution in [1.29, 1.82) is 0 Å². The van der Waals surface area contributed by atoms with Crippen LogP contribution in [0.15, 0.2) is 83.7 Å². The lowest BCUT2D eigenvalue weighted by Gasteiger charge is -2.28. The van der Waals surface area contributed by atoms with Crippen LogP contribution in [0.3, 0.4) is 0 Å². The third-order valence-corrected chi connectivity index (χ3v) is 9.91. The third-order valence-electron chi connectivity index (χ3n) is 9.32. The molecule has 3 aromatic heterocycles. The first-order chi connectivity index (χ1) is 23.0. The molecule has 1 saturated carbocycles. The highest BCUT2D eigenvalue weighted by atomic mass is 32.1. The fraction of sp³-hybridized carbons (Fsp3) is 0.306. The van der Waals surface area contributed by atoms with Crippen LogP contribution in [-0.2, 0) is 23.9 Å². The van der Waals surface area contributed by atoms with Gasteiger partial charge in [0.05, 0.1) is 16.7 Å². The van der Waals surface area contributed by atoms with Gasteiger partial charge in [0, 0.05) is 48.5 Å². The number of likely N-dealkylation sites (tertiary alicyclic amines) is 1. The van der Waals surface area contributed by atoms with Gasteiger partial charge in [-0.3, -0.25) is 9.48 Å². The van der Waals surface area contributed by atoms with E-state index >= 15 is 0 Å². The van der Waals surface area contributed by atoms with Gasteiger partial charge in [-0.2, -0.15) is 5.10 Å². The number of fused-ring (bicyclic) bond motifs is 1. The summed E-state index contributed by atoms with van der Waals surface area (Å²) in [5, 5.41) is 9.37. The van der Waals surface area contributed by atoms with Gasteiger partial charge in [0.25, 0.3) is 5.91 Å². The summed E-state index contributed by atoms with van der Waals surface area (Å²) in [6, 6.07) is 21.0. The lowest BCUT2D eigenvalue weighted by Crippen LogP contribution is -2.41. The number of nitrogens with one attached hydrogen (secondary N) is 1. The summed E-state index contributed by atoms with van der Waals surface area (Å²) in [5.41, 5.74) is 5.46. The van der Waals surface area contributed by atoms with E-state index in [2.05, 4.69) is 22.3 Å². The number of carbonyl (C=O) groups excluding carboxylic acids is 2. The smallest absolute Gasteiger partial charge is 0.408 e. The number of carbonyl (C=O) groups is 2. The second-order valence-corrected chi connectivity index (χ2v) is 13.9. The Hall–Kier alpha value is -5.10. The Morgan fingerprint density at radius 1 is 1.06 bits per heavy atom. The molecule has 4 heterocycles. The van der Waals surface area contributed by atoms with Gasteiger partial charge in [-0.05, 0) is 61.4 Å². The van der Waals surface area contributed by atoms with E-state index in [0.29, 0.717) is 41.6 Å². The Bertz CT molecular complexity index is 1960. The number of alkyl carbamates (subject to hydrolysis) is 1. The first-order valence-electron chi connectivity index (χ1n) is 15.7. The number of ether oxygens (including phenoxy) is 2. The van der Waals surface area contributed by atoms with Gasteiger partial charge in [0.2, 0.25) is 5.88 Å². The summed E-state index contributed by atoms with van der Waals surface area (Å²) in [6.07, 6.45) is -0.720. The largest absolute Gasteiger partial charge is 0.473 e. The summed E-state index contributed by atoms with van der Waals surface area (Å²) in [5.74, 6) is 0.0751. The van der Waals surface area contributed by atoms with E-state index in [9.17, 15) is 14.0 Å². The van der Waals surface area contributed by atoms with Crippen LogP contribution in [0, 0.1) is 17.2 Å². The predicted octanol–water partition coefficient (Wildman–Crippen LogP) is 6.45. The number of hydrogen-bond donors (Lipinski definition) is 1. The topological polar surface area (TPSA) is 111 Å². The summed E-state index contributed by atoms with van der Waals surface area (Å²) in [4.78, 5) is 37.4. The Labute approximate surface area is 281 Å². The van der Waals surface area contributed by atoms with E-state index in [0.717, 1.165) is 16.8 Å². The molecule has 1 saturated heterocycles. The van der Waals surface area contributed by atoms with Gasteiger partial charge < -0.3 is 19.7 Å². The summed E-state index contributed by atoms with van der Waals surface area (Å²) < 4.78 is 27.4. The Morgan fingerprint density at radius 2 is 1.83 bits per heavy atom. The minimum absolute atomic E-state index is 0.0793. The van der Waals surface area contributed by atoms with Crippen molar-refractivity contribution >= 4 is 23.3 Å². The minimum atomic E-state index is -0.864. The number of pyridine rings is 1. The molecule has 3 atom stereocenters. The molecule has 0 bridgehead atoms. The SMILES string of the molecule is Cn1nc(-c2cscn2)cc1C(=O)N1C[C@H]2[C@H](Oc3cc(C(C)(C)NC(=O)OCc4ccccc4)cc(-c4ccc(F)cc4)n3)[C@@]2(C)C1. The van der Waals surface area contributed by atoms with Crippen LogP contribution < -0.4 is 10.1 Å². The highest BCUT2D eigenvalue weighted by molar-refractivity contribution is 7.07. The van der Waals surface area contributed by atoms with Crippen LogP contribution in [0.5, 0.6) is 5.88 Å². The van der Waals surface area contributed by atoms with Crippen LogP contribution >= 0.6 is 11.3 Å². The van der Waals surface area contributed by atoms with Crippen molar-refractivity contribution in [3.63, 3.8) is 0 Å². The van der Waals surface area contributed by atoms with E-state index in [-0.39, 0.29) is 35.8 Å². The van der Waals surface area contributed by atoms with E-state index in [4.69, 9.17) is 14.5 Å². The van der Waals surface area contributed by atoms with Crippen molar-refractivity contribution in [3.05, 3.63) is 106 Å². The molecule has 1 N–H and O–H groups in total. The third kappa shape index (κ3) is 6.15. The van der Waals surface area contributed by atoms with E-state index in [1.165, 1.54) is 23.5 Å². The summed E-state index contributed by atoms with van der Waals surface area (Å²) in [7, 11) is 1.77. The molecule has 2 aliphatic rings. The van der Waals surface area contributed by atoms with Crippen LogP contribution in [0.2, 0.25) is 0 Å². The average molecular weight is 667 g/mol. The zero-order valence-electron chi connectivity index (χ0n) is 27.0. The number of rotatable bonds is 9. The number of nitrogens with zero attached hydrogens (tertiary/aromatic N) is 5. The number of aryl methyl sites for hydroxylation is 1. The summed E-state index contributed by atoms with van der Waals surface area (Å²) >= 11 is 1.48. The van der Waals surface area contributed by atoms with E-state index in [1.807, 2.05) is 66.6 Å². The molecular formula is C36H35FN6O4S. The van der Waals surface area contributed by atoms with Gasteiger partial charge >= 0.3 is 6.09 Å². The lowest BCUT2D eigenvalue weighted by atomic mass is 9.93. The van der Waals surface area contributed by atoms with Gasteiger partial charge in [-0.25, -0.2) is 19.2 Å². The van der Waals surface area contributed by atoms with Crippen molar-refractivity contribution in [1.82, 2.24) is 30.0 Å².